The zero-order valence-corrected chi connectivity index (χ0v) is 20.8. The number of fused-ring (bicyclic) bond motifs is 1. The van der Waals surface area contributed by atoms with Gasteiger partial charge in [0.1, 0.15) is 23.0 Å². The summed E-state index contributed by atoms with van der Waals surface area (Å²) in [7, 11) is 0. The van der Waals surface area contributed by atoms with Gasteiger partial charge in [0.2, 0.25) is 5.75 Å². The minimum Gasteiger partial charge on any atom is -0.504 e. The van der Waals surface area contributed by atoms with E-state index in [0.717, 1.165) is 18.4 Å². The van der Waals surface area contributed by atoms with E-state index in [1.807, 2.05) is 12.1 Å². The minimum absolute atomic E-state index is 0.00186. The number of rotatable bonds is 5. The van der Waals surface area contributed by atoms with Crippen LogP contribution in [0.3, 0.4) is 0 Å². The molecule has 1 aromatic heterocycles. The highest BCUT2D eigenvalue weighted by Crippen LogP contribution is 2.46. The summed E-state index contributed by atoms with van der Waals surface area (Å²) in [6.45, 7) is 8.16. The van der Waals surface area contributed by atoms with E-state index in [9.17, 15) is 20.6 Å². The van der Waals surface area contributed by atoms with Gasteiger partial charge in [-0.05, 0) is 57.4 Å². The smallest absolute Gasteiger partial charge is 0.202 e. The normalized spacial score (nSPS) is 14.8. The molecule has 0 spiro atoms. The van der Waals surface area contributed by atoms with Gasteiger partial charge >= 0.3 is 0 Å². The van der Waals surface area contributed by atoms with Gasteiger partial charge in [0.15, 0.2) is 11.5 Å². The van der Waals surface area contributed by atoms with E-state index >= 15 is 0 Å². The second-order valence-electron chi connectivity index (χ2n) is 9.92. The lowest BCUT2D eigenvalue weighted by Gasteiger charge is -2.38. The summed E-state index contributed by atoms with van der Waals surface area (Å²) >= 11 is 5.98. The molecule has 0 unspecified atom stereocenters. The summed E-state index contributed by atoms with van der Waals surface area (Å²) in [4.78, 5) is 6.57. The lowest BCUT2D eigenvalue weighted by molar-refractivity contribution is 0.317. The van der Waals surface area contributed by atoms with Crippen molar-refractivity contribution in [2.45, 2.75) is 51.7 Å². The van der Waals surface area contributed by atoms with Crippen molar-refractivity contribution in [3.8, 4) is 23.3 Å². The standard InChI is InChI=1S/C26H30ClN5O3/c1-26(2,3)31-17-8-10-32(11-9-17)22-18-12-20(33)23(34)24(35)21(18)30-25(19(22)13-28)29-14-15-4-6-16(27)7-5-15/h4-7,12,17,31,33-35H,8-11,14H2,1-3H3,(H,29,30). The predicted octanol–water partition coefficient (Wildman–Crippen LogP) is 4.85. The SMILES string of the molecule is CC(C)(C)NC1CCN(c2c(C#N)c(NCc3ccc(Cl)cc3)nc3c(O)c(O)c(O)cc23)CC1. The van der Waals surface area contributed by atoms with Crippen molar-refractivity contribution in [1.29, 1.82) is 5.26 Å². The number of piperidine rings is 1. The Morgan fingerprint density at radius 2 is 1.77 bits per heavy atom. The fraction of sp³-hybridized carbons (Fsp3) is 0.385. The Balaban J connectivity index is 1.75. The van der Waals surface area contributed by atoms with Gasteiger partial charge in [-0.15, -0.1) is 0 Å². The van der Waals surface area contributed by atoms with E-state index in [1.54, 1.807) is 12.1 Å². The van der Waals surface area contributed by atoms with Crippen molar-refractivity contribution < 1.29 is 15.3 Å². The summed E-state index contributed by atoms with van der Waals surface area (Å²) in [6, 6.07) is 11.3. The summed E-state index contributed by atoms with van der Waals surface area (Å²) < 4.78 is 0. The van der Waals surface area contributed by atoms with Crippen LogP contribution in [0, 0.1) is 11.3 Å². The van der Waals surface area contributed by atoms with Gasteiger partial charge in [0, 0.05) is 41.6 Å². The molecule has 1 aliphatic heterocycles. The van der Waals surface area contributed by atoms with Crippen molar-refractivity contribution >= 4 is 34.0 Å². The number of phenols is 3. The zero-order valence-electron chi connectivity index (χ0n) is 20.1. The molecule has 1 aliphatic rings. The molecule has 0 amide bonds. The lowest BCUT2D eigenvalue weighted by atomic mass is 9.98. The highest BCUT2D eigenvalue weighted by molar-refractivity contribution is 6.30. The molecule has 3 aromatic rings. The molecule has 35 heavy (non-hydrogen) atoms. The highest BCUT2D eigenvalue weighted by atomic mass is 35.5. The fourth-order valence-electron chi connectivity index (χ4n) is 4.55. The molecule has 1 fully saturated rings. The van der Waals surface area contributed by atoms with Crippen LogP contribution in [0.1, 0.15) is 44.7 Å². The van der Waals surface area contributed by atoms with E-state index in [0.29, 0.717) is 53.2 Å². The quantitative estimate of drug-likeness (QED) is 0.318. The van der Waals surface area contributed by atoms with Crippen molar-refractivity contribution in [3.63, 3.8) is 0 Å². The van der Waals surface area contributed by atoms with Gasteiger partial charge in [0.25, 0.3) is 0 Å². The number of nitrogens with zero attached hydrogens (tertiary/aromatic N) is 3. The number of benzene rings is 2. The third kappa shape index (κ3) is 5.31. The second-order valence-corrected chi connectivity index (χ2v) is 10.4. The van der Waals surface area contributed by atoms with Crippen LogP contribution in [0.5, 0.6) is 17.2 Å². The average Bonchev–Trinajstić information content (AvgIpc) is 2.81. The Morgan fingerprint density at radius 3 is 2.37 bits per heavy atom. The van der Waals surface area contributed by atoms with Crippen LogP contribution >= 0.6 is 11.6 Å². The first-order valence-corrected chi connectivity index (χ1v) is 12.0. The predicted molar refractivity (Wildman–Crippen MR) is 138 cm³/mol. The molecule has 0 saturated carbocycles. The Kier molecular flexibility index (Phi) is 6.84. The largest absolute Gasteiger partial charge is 0.504 e. The van der Waals surface area contributed by atoms with Crippen molar-refractivity contribution in [3.05, 3.63) is 46.5 Å². The first-order valence-electron chi connectivity index (χ1n) is 11.6. The molecule has 0 bridgehead atoms. The molecule has 5 N–H and O–H groups in total. The summed E-state index contributed by atoms with van der Waals surface area (Å²) in [5.41, 5.74) is 1.95. The number of phenolic OH excluding ortho intramolecular Hbond substituents is 3. The summed E-state index contributed by atoms with van der Waals surface area (Å²) in [5, 5.41) is 49.0. The number of anilines is 2. The molecule has 0 radical (unpaired) electrons. The van der Waals surface area contributed by atoms with Crippen LogP contribution < -0.4 is 15.5 Å². The summed E-state index contributed by atoms with van der Waals surface area (Å²) in [5.74, 6) is -1.34. The Bertz CT molecular complexity index is 1270. The van der Waals surface area contributed by atoms with Crippen LogP contribution in [0.4, 0.5) is 11.5 Å². The molecule has 2 heterocycles. The van der Waals surface area contributed by atoms with E-state index in [-0.39, 0.29) is 11.1 Å². The number of nitrogens with one attached hydrogen (secondary N) is 2. The molecular weight excluding hydrogens is 466 g/mol. The summed E-state index contributed by atoms with van der Waals surface area (Å²) in [6.07, 6.45) is 1.74. The highest BCUT2D eigenvalue weighted by Gasteiger charge is 2.28. The van der Waals surface area contributed by atoms with Crippen LogP contribution in [-0.4, -0.2) is 45.0 Å². The molecule has 0 aliphatic carbocycles. The number of aromatic hydroxyl groups is 3. The number of nitriles is 1. The van der Waals surface area contributed by atoms with E-state index in [1.165, 1.54) is 6.07 Å². The molecular formula is C26H30ClN5O3. The van der Waals surface area contributed by atoms with Gasteiger partial charge < -0.3 is 30.9 Å². The van der Waals surface area contributed by atoms with Crippen LogP contribution in [0.2, 0.25) is 5.02 Å². The van der Waals surface area contributed by atoms with E-state index in [4.69, 9.17) is 11.6 Å². The molecule has 8 nitrogen and oxygen atoms in total. The third-order valence-corrected chi connectivity index (χ3v) is 6.37. The minimum atomic E-state index is -0.641. The molecule has 2 aromatic carbocycles. The molecule has 1 saturated heterocycles. The maximum atomic E-state index is 10.6. The number of hydrogen-bond acceptors (Lipinski definition) is 8. The van der Waals surface area contributed by atoms with Gasteiger partial charge in [-0.3, -0.25) is 0 Å². The number of hydrogen-bond donors (Lipinski definition) is 5. The topological polar surface area (TPSA) is 125 Å². The maximum absolute atomic E-state index is 10.6. The first kappa shape index (κ1) is 24.7. The van der Waals surface area contributed by atoms with Gasteiger partial charge in [0.05, 0.1) is 5.69 Å². The molecule has 9 heteroatoms. The van der Waals surface area contributed by atoms with Crippen molar-refractivity contribution in [2.24, 2.45) is 0 Å². The van der Waals surface area contributed by atoms with Crippen LogP contribution in [-0.2, 0) is 6.54 Å². The van der Waals surface area contributed by atoms with E-state index < -0.39 is 17.2 Å². The lowest BCUT2D eigenvalue weighted by Crippen LogP contribution is -2.49. The monoisotopic (exact) mass is 495 g/mol. The zero-order chi connectivity index (χ0) is 25.3. The molecule has 184 valence electrons. The number of aromatic nitrogens is 1. The van der Waals surface area contributed by atoms with Gasteiger partial charge in [-0.25, -0.2) is 4.98 Å². The van der Waals surface area contributed by atoms with Crippen LogP contribution in [0.15, 0.2) is 30.3 Å². The van der Waals surface area contributed by atoms with Gasteiger partial charge in [-0.1, -0.05) is 23.7 Å². The Hall–Kier alpha value is -3.41. The third-order valence-electron chi connectivity index (χ3n) is 6.11. The fourth-order valence-corrected chi connectivity index (χ4v) is 4.68. The van der Waals surface area contributed by atoms with Crippen molar-refractivity contribution in [1.82, 2.24) is 10.3 Å². The Morgan fingerprint density at radius 1 is 1.11 bits per heavy atom. The number of halogens is 1. The first-order chi connectivity index (χ1) is 16.6. The Labute approximate surface area is 209 Å². The molecule has 0 atom stereocenters. The maximum Gasteiger partial charge on any atom is 0.202 e. The average molecular weight is 496 g/mol. The number of pyridine rings is 1. The second kappa shape index (κ2) is 9.68. The molecule has 4 rings (SSSR count). The van der Waals surface area contributed by atoms with Crippen molar-refractivity contribution in [2.75, 3.05) is 23.3 Å². The van der Waals surface area contributed by atoms with Crippen LogP contribution in [0.25, 0.3) is 10.9 Å². The van der Waals surface area contributed by atoms with E-state index in [2.05, 4.69) is 47.4 Å². The van der Waals surface area contributed by atoms with Gasteiger partial charge in [-0.2, -0.15) is 5.26 Å².